The third-order valence-electron chi connectivity index (χ3n) is 6.25. The van der Waals surface area contributed by atoms with Crippen LogP contribution in [0, 0.1) is 0 Å². The minimum atomic E-state index is -0.430. The summed E-state index contributed by atoms with van der Waals surface area (Å²) in [5.74, 6) is 3.20. The molecule has 40 heavy (non-hydrogen) atoms. The lowest BCUT2D eigenvalue weighted by Gasteiger charge is -2.26. The van der Waals surface area contributed by atoms with Gasteiger partial charge in [-0.2, -0.15) is 0 Å². The third-order valence-corrected chi connectivity index (χ3v) is 8.63. The average molecular weight is 583 g/mol. The fourth-order valence-corrected chi connectivity index (χ4v) is 6.65. The second-order valence-corrected chi connectivity index (χ2v) is 11.8. The lowest BCUT2D eigenvalue weighted by molar-refractivity contribution is 0.286. The maximum Gasteiger partial charge on any atom is 0.210 e. The quantitative estimate of drug-likeness (QED) is 0.258. The molecule has 214 valence electrons. The maximum absolute atomic E-state index is 10.7. The Bertz CT molecular complexity index is 1190. The summed E-state index contributed by atoms with van der Waals surface area (Å²) in [6.07, 6.45) is 1.28. The largest absolute Gasteiger partial charge is 0.495 e. The lowest BCUT2D eigenvalue weighted by Crippen LogP contribution is -2.38. The fourth-order valence-electron chi connectivity index (χ4n) is 4.42. The second-order valence-electron chi connectivity index (χ2n) is 9.20. The van der Waals surface area contributed by atoms with E-state index in [0.29, 0.717) is 61.9 Å². The highest BCUT2D eigenvalue weighted by Crippen LogP contribution is 2.28. The predicted octanol–water partition coefficient (Wildman–Crippen LogP) is 5.62. The van der Waals surface area contributed by atoms with Crippen molar-refractivity contribution < 1.29 is 19.3 Å². The Morgan fingerprint density at radius 2 is 0.975 bits per heavy atom. The number of aliphatic imine (C=N–C) groups is 4. The molecule has 0 radical (unpaired) electrons. The molecule has 10 heteroatoms. The van der Waals surface area contributed by atoms with Crippen LogP contribution in [-0.2, 0) is 27.1 Å². The van der Waals surface area contributed by atoms with Gasteiger partial charge in [-0.05, 0) is 31.9 Å². The monoisotopic (exact) mass is 582 g/mol. The van der Waals surface area contributed by atoms with Gasteiger partial charge in [-0.1, -0.05) is 82.3 Å². The molecular weight excluding hydrogens is 544 g/mol. The van der Waals surface area contributed by atoms with Crippen molar-refractivity contribution in [1.82, 2.24) is 0 Å². The molecule has 4 atom stereocenters. The van der Waals surface area contributed by atoms with Crippen LogP contribution < -0.4 is 0 Å². The summed E-state index contributed by atoms with van der Waals surface area (Å²) in [6, 6.07) is 19.0. The zero-order valence-corrected chi connectivity index (χ0v) is 24.9. The molecule has 4 rings (SSSR count). The SMILES string of the molecule is CCOC1=N[C@H](Cc2ccccc2)C(O)=N[C@H]1CSSC[C@@H]1N=C(OCC)[C@@H](Cc2ccccc2)N=C1OCC. The van der Waals surface area contributed by atoms with E-state index in [4.69, 9.17) is 29.2 Å². The highest BCUT2D eigenvalue weighted by molar-refractivity contribution is 8.76. The van der Waals surface area contributed by atoms with Crippen LogP contribution in [0.2, 0.25) is 0 Å². The Hall–Kier alpha value is -2.98. The van der Waals surface area contributed by atoms with Gasteiger partial charge in [0.25, 0.3) is 0 Å². The number of rotatable bonds is 12. The molecule has 2 aliphatic heterocycles. The molecule has 2 aromatic rings. The normalized spacial score (nSPS) is 22.5. The van der Waals surface area contributed by atoms with Crippen LogP contribution in [0.25, 0.3) is 0 Å². The molecule has 1 N–H and O–H groups in total. The highest BCUT2D eigenvalue weighted by atomic mass is 33.1. The Balaban J connectivity index is 1.36. The lowest BCUT2D eigenvalue weighted by atomic mass is 10.0. The minimum Gasteiger partial charge on any atom is -0.495 e. The smallest absolute Gasteiger partial charge is 0.210 e. The van der Waals surface area contributed by atoms with Crippen molar-refractivity contribution in [2.24, 2.45) is 20.0 Å². The van der Waals surface area contributed by atoms with E-state index in [2.05, 4.69) is 17.1 Å². The number of aliphatic hydroxyl groups excluding tert-OH is 1. The number of ether oxygens (including phenoxy) is 3. The van der Waals surface area contributed by atoms with Crippen LogP contribution in [-0.4, -0.2) is 84.2 Å². The van der Waals surface area contributed by atoms with E-state index in [9.17, 15) is 5.11 Å². The standard InChI is InChI=1S/C30H38N4O4S2/c1-4-36-28-24(18-22-15-11-8-12-16-22)33-30(38-6-3)26(34-28)20-40-39-19-25-29(37-5-2)32-23(27(35)31-25)17-21-13-9-7-10-14-21/h7-16,23-26H,4-6,17-20H2,1-3H3,(H,31,35)/t23-,24-,25+,26+/m1/s1. The van der Waals surface area contributed by atoms with Crippen molar-refractivity contribution in [2.45, 2.75) is 57.8 Å². The number of benzene rings is 2. The third kappa shape index (κ3) is 8.51. The molecule has 0 aromatic heterocycles. The first-order valence-electron chi connectivity index (χ1n) is 13.8. The highest BCUT2D eigenvalue weighted by Gasteiger charge is 2.31. The van der Waals surface area contributed by atoms with E-state index in [1.807, 2.05) is 69.3 Å². The first kappa shape index (κ1) is 30.0. The van der Waals surface area contributed by atoms with E-state index in [1.165, 1.54) is 5.56 Å². The molecule has 0 saturated heterocycles. The Labute approximate surface area is 244 Å². The molecule has 2 heterocycles. The van der Waals surface area contributed by atoms with Crippen LogP contribution in [0.3, 0.4) is 0 Å². The van der Waals surface area contributed by atoms with E-state index in [0.717, 1.165) is 5.56 Å². The van der Waals surface area contributed by atoms with E-state index in [1.54, 1.807) is 21.6 Å². The van der Waals surface area contributed by atoms with Gasteiger partial charge in [-0.3, -0.25) is 0 Å². The van der Waals surface area contributed by atoms with E-state index in [-0.39, 0.29) is 24.0 Å². The van der Waals surface area contributed by atoms with Crippen molar-refractivity contribution in [2.75, 3.05) is 31.3 Å². The number of nitrogens with zero attached hydrogens (tertiary/aromatic N) is 4. The zero-order valence-electron chi connectivity index (χ0n) is 23.3. The van der Waals surface area contributed by atoms with Gasteiger partial charge in [0, 0.05) is 24.3 Å². The van der Waals surface area contributed by atoms with Crippen molar-refractivity contribution in [3.05, 3.63) is 71.8 Å². The van der Waals surface area contributed by atoms with Crippen LogP contribution in [0.1, 0.15) is 31.9 Å². The van der Waals surface area contributed by atoms with Gasteiger partial charge < -0.3 is 19.3 Å². The van der Waals surface area contributed by atoms with Gasteiger partial charge in [-0.25, -0.2) is 20.0 Å². The Kier molecular flexibility index (Phi) is 11.8. The molecule has 0 saturated carbocycles. The molecule has 0 unspecified atom stereocenters. The fraction of sp³-hybridized carbons (Fsp3) is 0.467. The van der Waals surface area contributed by atoms with E-state index >= 15 is 0 Å². The predicted molar refractivity (Wildman–Crippen MR) is 168 cm³/mol. The second kappa shape index (κ2) is 15.7. The van der Waals surface area contributed by atoms with Crippen LogP contribution in [0.15, 0.2) is 80.6 Å². The van der Waals surface area contributed by atoms with Crippen LogP contribution >= 0.6 is 21.6 Å². The van der Waals surface area contributed by atoms with Crippen molar-refractivity contribution in [3.8, 4) is 0 Å². The summed E-state index contributed by atoms with van der Waals surface area (Å²) in [6.45, 7) is 7.42. The van der Waals surface area contributed by atoms with Gasteiger partial charge in [0.2, 0.25) is 23.6 Å². The number of hydrogen-bond acceptors (Lipinski definition) is 9. The number of hydrogen-bond donors (Lipinski definition) is 1. The van der Waals surface area contributed by atoms with Gasteiger partial charge in [-0.15, -0.1) is 0 Å². The molecule has 0 spiro atoms. The molecule has 2 aliphatic rings. The summed E-state index contributed by atoms with van der Waals surface area (Å²) in [5.41, 5.74) is 2.27. The zero-order chi connectivity index (χ0) is 28.2. The molecule has 0 aliphatic carbocycles. The summed E-state index contributed by atoms with van der Waals surface area (Å²) >= 11 is 0. The molecule has 2 aromatic carbocycles. The van der Waals surface area contributed by atoms with Gasteiger partial charge >= 0.3 is 0 Å². The Morgan fingerprint density at radius 3 is 1.48 bits per heavy atom. The molecule has 8 nitrogen and oxygen atoms in total. The number of aliphatic hydroxyl groups is 1. The Morgan fingerprint density at radius 1 is 0.575 bits per heavy atom. The van der Waals surface area contributed by atoms with Gasteiger partial charge in [0.15, 0.2) is 0 Å². The molecule has 0 bridgehead atoms. The van der Waals surface area contributed by atoms with E-state index < -0.39 is 6.04 Å². The summed E-state index contributed by atoms with van der Waals surface area (Å²) in [7, 11) is 3.31. The van der Waals surface area contributed by atoms with Crippen LogP contribution in [0.4, 0.5) is 0 Å². The first-order valence-corrected chi connectivity index (χ1v) is 16.3. The van der Waals surface area contributed by atoms with Gasteiger partial charge in [0.05, 0.1) is 19.8 Å². The average Bonchev–Trinajstić information content (AvgIpc) is 2.96. The van der Waals surface area contributed by atoms with Gasteiger partial charge in [0.1, 0.15) is 24.2 Å². The van der Waals surface area contributed by atoms with Crippen molar-refractivity contribution in [3.63, 3.8) is 0 Å². The van der Waals surface area contributed by atoms with Crippen molar-refractivity contribution in [1.29, 1.82) is 0 Å². The van der Waals surface area contributed by atoms with Crippen molar-refractivity contribution >= 4 is 45.2 Å². The first-order chi connectivity index (χ1) is 19.6. The maximum atomic E-state index is 10.7. The molecular formula is C30H38N4O4S2. The summed E-state index contributed by atoms with van der Waals surface area (Å²) in [4.78, 5) is 19.1. The van der Waals surface area contributed by atoms with Crippen LogP contribution in [0.5, 0.6) is 0 Å². The summed E-state index contributed by atoms with van der Waals surface area (Å²) in [5, 5.41) is 10.7. The molecule has 0 fully saturated rings. The summed E-state index contributed by atoms with van der Waals surface area (Å²) < 4.78 is 17.7. The topological polar surface area (TPSA) is 97.4 Å². The minimum absolute atomic E-state index is 0.0522. The molecule has 0 amide bonds.